The van der Waals surface area contributed by atoms with Gasteiger partial charge in [-0.3, -0.25) is 14.4 Å². The van der Waals surface area contributed by atoms with Crippen LogP contribution >= 0.6 is 0 Å². The lowest BCUT2D eigenvalue weighted by Crippen LogP contribution is -2.57. The number of hydrogen-bond acceptors (Lipinski definition) is 3. The summed E-state index contributed by atoms with van der Waals surface area (Å²) >= 11 is 0. The maximum Gasteiger partial charge on any atom is 0.290 e. The van der Waals surface area contributed by atoms with E-state index in [9.17, 15) is 14.4 Å². The van der Waals surface area contributed by atoms with Crippen LogP contribution in [0.2, 0.25) is 0 Å². The molecule has 1 aromatic carbocycles. The number of benzene rings is 1. The topological polar surface area (TPSA) is 66.5 Å². The lowest BCUT2D eigenvalue weighted by molar-refractivity contribution is -0.151. The Balaban J connectivity index is 0. The van der Waals surface area contributed by atoms with Crippen LogP contribution in [0, 0.1) is 0 Å². The van der Waals surface area contributed by atoms with Crippen molar-refractivity contribution in [3.63, 3.8) is 0 Å². The molecule has 0 bridgehead atoms. The normalized spacial score (nSPS) is 19.2. The number of carbonyl (C=O) groups excluding carboxylic acids is 3. The van der Waals surface area contributed by atoms with Gasteiger partial charge in [0.15, 0.2) is 0 Å². The largest absolute Gasteiger partial charge is 0.352 e. The number of ketones is 1. The summed E-state index contributed by atoms with van der Waals surface area (Å²) in [7, 11) is 0. The van der Waals surface area contributed by atoms with Gasteiger partial charge >= 0.3 is 0 Å². The highest BCUT2D eigenvalue weighted by atomic mass is 16.2. The Kier molecular flexibility index (Phi) is 14.8. The molecule has 5 nitrogen and oxygen atoms in total. The first-order chi connectivity index (χ1) is 13.8. The highest BCUT2D eigenvalue weighted by Gasteiger charge is 2.44. The summed E-state index contributed by atoms with van der Waals surface area (Å²) in [6, 6.07) is 6.75. The molecule has 1 N–H and O–H groups in total. The van der Waals surface area contributed by atoms with Crippen molar-refractivity contribution in [2.75, 3.05) is 0 Å². The molecule has 1 aliphatic heterocycles. The maximum absolute atomic E-state index is 12.7. The zero-order valence-corrected chi connectivity index (χ0v) is 20.3. The van der Waals surface area contributed by atoms with Crippen LogP contribution in [-0.4, -0.2) is 34.6 Å². The molecule has 3 atom stereocenters. The van der Waals surface area contributed by atoms with Gasteiger partial charge in [0.25, 0.3) is 5.91 Å². The second-order valence-corrected chi connectivity index (χ2v) is 6.47. The zero-order valence-electron chi connectivity index (χ0n) is 20.3. The lowest BCUT2D eigenvalue weighted by atomic mass is 9.80. The molecule has 0 radical (unpaired) electrons. The van der Waals surface area contributed by atoms with Crippen molar-refractivity contribution in [2.45, 2.75) is 100 Å². The number of Topliss-reactive ketones (excluding diaryl/α,β-unsaturated/α-hetero) is 1. The smallest absolute Gasteiger partial charge is 0.290 e. The van der Waals surface area contributed by atoms with Crippen LogP contribution in [0.1, 0.15) is 99.2 Å². The predicted molar refractivity (Wildman–Crippen MR) is 122 cm³/mol. The molecule has 0 saturated carbocycles. The van der Waals surface area contributed by atoms with Gasteiger partial charge in [-0.25, -0.2) is 0 Å². The van der Waals surface area contributed by atoms with E-state index in [2.05, 4.69) is 5.32 Å². The molecule has 2 rings (SSSR count). The number of carbonyl (C=O) groups is 3. The first-order valence-corrected chi connectivity index (χ1v) is 11.0. The molecule has 29 heavy (non-hydrogen) atoms. The Morgan fingerprint density at radius 2 is 1.34 bits per heavy atom. The van der Waals surface area contributed by atoms with Crippen molar-refractivity contribution in [1.29, 1.82) is 0 Å². The molecule has 1 aliphatic rings. The van der Waals surface area contributed by atoms with Crippen LogP contribution < -0.4 is 5.32 Å². The van der Waals surface area contributed by atoms with Crippen molar-refractivity contribution in [2.24, 2.45) is 0 Å². The van der Waals surface area contributed by atoms with E-state index in [1.807, 2.05) is 93.5 Å². The number of rotatable bonds is 3. The summed E-state index contributed by atoms with van der Waals surface area (Å²) in [6.45, 7) is 20.8. The van der Waals surface area contributed by atoms with Crippen LogP contribution in [0.15, 0.2) is 24.3 Å². The standard InChI is InChI=1S/C18H24N2O3.3C2H6/c1-10(2)19-17(22)16-11(3)14-8-6-7-9-15(14)12(4)20(16)18(23)13(5)21;3*1-2/h6-12,16H,1-5H3,(H,19,22);3*1-2H3/t11?,12?,16-;;;/m0.../s1. The SMILES string of the molecule is CC.CC.CC.CC(=O)C(=O)N1C(C)c2ccccc2C(C)[C@H]1C(=O)NC(C)C. The number of hydrogen-bond donors (Lipinski definition) is 1. The molecule has 1 aromatic rings. The number of fused-ring (bicyclic) bond motifs is 1. The Bertz CT molecular complexity index is 641. The van der Waals surface area contributed by atoms with E-state index in [1.54, 1.807) is 0 Å². The lowest BCUT2D eigenvalue weighted by Gasteiger charge is -2.44. The highest BCUT2D eigenvalue weighted by molar-refractivity contribution is 6.35. The Labute approximate surface area is 178 Å². The van der Waals surface area contributed by atoms with Gasteiger partial charge in [0, 0.05) is 18.9 Å². The molecular formula is C24H42N2O3. The summed E-state index contributed by atoms with van der Waals surface area (Å²) in [5.74, 6) is -1.55. The molecule has 0 aromatic heterocycles. The summed E-state index contributed by atoms with van der Waals surface area (Å²) in [5, 5.41) is 2.87. The van der Waals surface area contributed by atoms with Gasteiger partial charge in [-0.15, -0.1) is 0 Å². The van der Waals surface area contributed by atoms with Gasteiger partial charge in [-0.2, -0.15) is 0 Å². The van der Waals surface area contributed by atoms with Gasteiger partial charge in [-0.1, -0.05) is 72.7 Å². The van der Waals surface area contributed by atoms with Crippen LogP contribution in [0.5, 0.6) is 0 Å². The second-order valence-electron chi connectivity index (χ2n) is 6.47. The van der Waals surface area contributed by atoms with E-state index >= 15 is 0 Å². The predicted octanol–water partition coefficient (Wildman–Crippen LogP) is 5.25. The van der Waals surface area contributed by atoms with Gasteiger partial charge < -0.3 is 10.2 Å². The van der Waals surface area contributed by atoms with E-state index in [0.717, 1.165) is 11.1 Å². The van der Waals surface area contributed by atoms with Gasteiger partial charge in [-0.05, 0) is 31.9 Å². The van der Waals surface area contributed by atoms with Crippen LogP contribution in [0.4, 0.5) is 0 Å². The second kappa shape index (κ2) is 14.8. The monoisotopic (exact) mass is 406 g/mol. The van der Waals surface area contributed by atoms with E-state index < -0.39 is 17.7 Å². The fourth-order valence-electron chi connectivity index (χ4n) is 3.32. The molecule has 0 spiro atoms. The Morgan fingerprint density at radius 3 is 1.76 bits per heavy atom. The molecule has 0 aliphatic carbocycles. The minimum absolute atomic E-state index is 0.0311. The third kappa shape index (κ3) is 7.30. The summed E-state index contributed by atoms with van der Waals surface area (Å²) in [6.07, 6.45) is 0. The third-order valence-corrected chi connectivity index (χ3v) is 4.36. The number of amides is 2. The quantitative estimate of drug-likeness (QED) is 0.697. The van der Waals surface area contributed by atoms with Crippen LogP contribution in [-0.2, 0) is 14.4 Å². The summed E-state index contributed by atoms with van der Waals surface area (Å²) in [5.41, 5.74) is 2.04. The molecule has 0 saturated heterocycles. The van der Waals surface area contributed by atoms with Crippen molar-refractivity contribution in [3.8, 4) is 0 Å². The van der Waals surface area contributed by atoms with Crippen molar-refractivity contribution >= 4 is 17.6 Å². The van der Waals surface area contributed by atoms with Crippen molar-refractivity contribution in [3.05, 3.63) is 35.4 Å². The average molecular weight is 407 g/mol. The van der Waals surface area contributed by atoms with E-state index in [1.165, 1.54) is 11.8 Å². The summed E-state index contributed by atoms with van der Waals surface area (Å²) in [4.78, 5) is 38.3. The van der Waals surface area contributed by atoms with Crippen molar-refractivity contribution in [1.82, 2.24) is 10.2 Å². The van der Waals surface area contributed by atoms with Gasteiger partial charge in [0.1, 0.15) is 6.04 Å². The van der Waals surface area contributed by atoms with Crippen LogP contribution in [0.25, 0.3) is 0 Å². The number of nitrogens with one attached hydrogen (secondary N) is 1. The molecule has 2 unspecified atom stereocenters. The fourth-order valence-corrected chi connectivity index (χ4v) is 3.32. The first-order valence-electron chi connectivity index (χ1n) is 11.0. The Hall–Kier alpha value is -2.17. The van der Waals surface area contributed by atoms with E-state index in [0.29, 0.717) is 0 Å². The first kappa shape index (κ1) is 29.0. The third-order valence-electron chi connectivity index (χ3n) is 4.36. The molecular weight excluding hydrogens is 364 g/mol. The summed E-state index contributed by atoms with van der Waals surface area (Å²) < 4.78 is 0. The molecule has 0 fully saturated rings. The van der Waals surface area contributed by atoms with Crippen molar-refractivity contribution < 1.29 is 14.4 Å². The Morgan fingerprint density at radius 1 is 0.897 bits per heavy atom. The molecule has 2 amide bonds. The molecule has 1 heterocycles. The van der Waals surface area contributed by atoms with Crippen LogP contribution in [0.3, 0.4) is 0 Å². The molecule has 166 valence electrons. The average Bonchev–Trinajstić information content (AvgIpc) is 2.73. The maximum atomic E-state index is 12.7. The number of nitrogens with zero attached hydrogens (tertiary/aromatic N) is 1. The minimum atomic E-state index is -0.682. The van der Waals surface area contributed by atoms with Gasteiger partial charge in [0.05, 0.1) is 6.04 Å². The molecule has 5 heteroatoms. The van der Waals surface area contributed by atoms with E-state index in [-0.39, 0.29) is 23.9 Å². The fraction of sp³-hybridized carbons (Fsp3) is 0.625. The van der Waals surface area contributed by atoms with E-state index in [4.69, 9.17) is 0 Å². The van der Waals surface area contributed by atoms with Gasteiger partial charge in [0.2, 0.25) is 11.7 Å². The minimum Gasteiger partial charge on any atom is -0.352 e. The highest BCUT2D eigenvalue weighted by Crippen LogP contribution is 2.40. The zero-order chi connectivity index (χ0) is 23.3.